The fraction of sp³-hybridized carbons (Fsp3) is 0.643. The maximum Gasteiger partial charge on any atom is 0.408 e. The van der Waals surface area contributed by atoms with Crippen LogP contribution in [0.4, 0.5) is 19.5 Å². The molecule has 0 spiro atoms. The molecule has 1 unspecified atom stereocenters. The molecule has 1 aromatic rings. The van der Waals surface area contributed by atoms with Crippen LogP contribution in [0.15, 0.2) is 16.9 Å². The highest BCUT2D eigenvalue weighted by atomic mass is 79.9. The van der Waals surface area contributed by atoms with E-state index in [9.17, 15) is 13.6 Å². The zero-order valence-corrected chi connectivity index (χ0v) is 14.7. The first-order valence-electron chi connectivity index (χ1n) is 7.17. The second kappa shape index (κ2) is 6.54. The monoisotopic (exact) mass is 392 g/mol. The Bertz CT molecular complexity index is 563. The van der Waals surface area contributed by atoms with E-state index in [1.165, 1.54) is 17.3 Å². The topological polar surface area (TPSA) is 67.3 Å². The molecule has 9 heteroatoms. The van der Waals surface area contributed by atoms with Gasteiger partial charge in [-0.05, 0) is 43.1 Å². The van der Waals surface area contributed by atoms with E-state index in [-0.39, 0.29) is 12.4 Å². The summed E-state index contributed by atoms with van der Waals surface area (Å²) in [5, 5.41) is 2.26. The SMILES string of the molecule is CC(C)(C)OC(=O)NC1CCN(c2ncc(Br)cn2)CC1(F)F. The average molecular weight is 393 g/mol. The van der Waals surface area contributed by atoms with Crippen LogP contribution in [0.25, 0.3) is 0 Å². The van der Waals surface area contributed by atoms with Crippen molar-refractivity contribution in [3.05, 3.63) is 16.9 Å². The summed E-state index contributed by atoms with van der Waals surface area (Å²) in [6, 6.07) is -1.27. The number of hydrogen-bond donors (Lipinski definition) is 1. The van der Waals surface area contributed by atoms with Gasteiger partial charge in [0, 0.05) is 18.9 Å². The molecule has 1 atom stereocenters. The molecule has 0 aromatic carbocycles. The standard InChI is InChI=1S/C14H19BrF2N4O2/c1-13(2,3)23-12(22)20-10-4-5-21(8-14(10,16)17)11-18-6-9(15)7-19-11/h6-7,10H,4-5,8H2,1-3H3,(H,20,22). The van der Waals surface area contributed by atoms with Gasteiger partial charge >= 0.3 is 6.09 Å². The summed E-state index contributed by atoms with van der Waals surface area (Å²) in [5.74, 6) is -2.87. The number of aromatic nitrogens is 2. The summed E-state index contributed by atoms with van der Waals surface area (Å²) in [7, 11) is 0. The third-order valence-corrected chi connectivity index (χ3v) is 3.59. The Kier molecular flexibility index (Phi) is 5.07. The third kappa shape index (κ3) is 4.98. The van der Waals surface area contributed by atoms with Gasteiger partial charge in [0.15, 0.2) is 0 Å². The lowest BCUT2D eigenvalue weighted by Crippen LogP contribution is -2.59. The van der Waals surface area contributed by atoms with Crippen LogP contribution < -0.4 is 10.2 Å². The van der Waals surface area contributed by atoms with Gasteiger partial charge in [-0.2, -0.15) is 0 Å². The van der Waals surface area contributed by atoms with E-state index in [1.54, 1.807) is 20.8 Å². The van der Waals surface area contributed by atoms with Gasteiger partial charge in [0.1, 0.15) is 5.60 Å². The quantitative estimate of drug-likeness (QED) is 0.837. The van der Waals surface area contributed by atoms with Crippen LogP contribution in [-0.2, 0) is 4.74 Å². The molecule has 2 rings (SSSR count). The van der Waals surface area contributed by atoms with Crippen molar-refractivity contribution in [3.63, 3.8) is 0 Å². The van der Waals surface area contributed by atoms with Gasteiger partial charge in [-0.25, -0.2) is 23.5 Å². The second-order valence-corrected chi connectivity index (χ2v) is 7.29. The minimum absolute atomic E-state index is 0.0751. The lowest BCUT2D eigenvalue weighted by molar-refractivity contribution is -0.0461. The Labute approximate surface area is 141 Å². The van der Waals surface area contributed by atoms with Gasteiger partial charge in [0.2, 0.25) is 5.95 Å². The number of alkyl halides is 2. The molecule has 2 heterocycles. The molecule has 0 radical (unpaired) electrons. The fourth-order valence-electron chi connectivity index (χ4n) is 2.21. The van der Waals surface area contributed by atoms with Gasteiger partial charge in [-0.1, -0.05) is 0 Å². The predicted molar refractivity (Wildman–Crippen MR) is 84.7 cm³/mol. The molecule has 0 saturated carbocycles. The van der Waals surface area contributed by atoms with Gasteiger partial charge in [0.25, 0.3) is 5.92 Å². The number of nitrogens with one attached hydrogen (secondary N) is 1. The van der Waals surface area contributed by atoms with Crippen molar-refractivity contribution < 1.29 is 18.3 Å². The largest absolute Gasteiger partial charge is 0.444 e. The highest BCUT2D eigenvalue weighted by molar-refractivity contribution is 9.10. The predicted octanol–water partition coefficient (Wildman–Crippen LogP) is 2.98. The van der Waals surface area contributed by atoms with E-state index in [2.05, 4.69) is 31.2 Å². The summed E-state index contributed by atoms with van der Waals surface area (Å²) < 4.78 is 34.3. The number of piperidine rings is 1. The minimum atomic E-state index is -3.11. The van der Waals surface area contributed by atoms with E-state index in [1.807, 2.05) is 0 Å². The Hall–Kier alpha value is -1.51. The van der Waals surface area contributed by atoms with Crippen molar-refractivity contribution in [1.29, 1.82) is 0 Å². The summed E-state index contributed by atoms with van der Waals surface area (Å²) in [5.41, 5.74) is -0.731. The van der Waals surface area contributed by atoms with Crippen molar-refractivity contribution in [2.45, 2.75) is 44.8 Å². The highest BCUT2D eigenvalue weighted by Crippen LogP contribution is 2.29. The van der Waals surface area contributed by atoms with E-state index in [0.29, 0.717) is 11.0 Å². The first kappa shape index (κ1) is 17.8. The number of hydrogen-bond acceptors (Lipinski definition) is 5. The maximum absolute atomic E-state index is 14.3. The van der Waals surface area contributed by atoms with Crippen LogP contribution in [0.1, 0.15) is 27.2 Å². The maximum atomic E-state index is 14.3. The number of nitrogens with zero attached hydrogens (tertiary/aromatic N) is 3. The smallest absolute Gasteiger partial charge is 0.408 e. The summed E-state index contributed by atoms with van der Waals surface area (Å²) in [4.78, 5) is 21.1. The molecule has 1 fully saturated rings. The lowest BCUT2D eigenvalue weighted by Gasteiger charge is -2.38. The number of carbonyl (C=O) groups is 1. The van der Waals surface area contributed by atoms with Crippen molar-refractivity contribution in [1.82, 2.24) is 15.3 Å². The number of rotatable bonds is 2. The Morgan fingerprint density at radius 2 is 2.04 bits per heavy atom. The van der Waals surface area contributed by atoms with E-state index < -0.39 is 30.2 Å². The van der Waals surface area contributed by atoms with Gasteiger partial charge in [-0.3, -0.25) is 0 Å². The molecule has 6 nitrogen and oxygen atoms in total. The Balaban J connectivity index is 2.00. The minimum Gasteiger partial charge on any atom is -0.444 e. The average Bonchev–Trinajstić information content (AvgIpc) is 2.39. The molecular formula is C14H19BrF2N4O2. The molecule has 0 bridgehead atoms. The van der Waals surface area contributed by atoms with Crippen molar-refractivity contribution in [2.24, 2.45) is 0 Å². The van der Waals surface area contributed by atoms with Crippen LogP contribution in [0.5, 0.6) is 0 Å². The fourth-order valence-corrected chi connectivity index (χ4v) is 2.41. The molecule has 128 valence electrons. The molecule has 1 aliphatic heterocycles. The van der Waals surface area contributed by atoms with Crippen molar-refractivity contribution >= 4 is 28.0 Å². The van der Waals surface area contributed by atoms with Gasteiger partial charge in [-0.15, -0.1) is 0 Å². The number of halogens is 3. The molecule has 23 heavy (non-hydrogen) atoms. The number of ether oxygens (including phenoxy) is 1. The molecule has 1 aromatic heterocycles. The molecule has 1 aliphatic rings. The lowest BCUT2D eigenvalue weighted by atomic mass is 10.0. The number of amides is 1. The first-order valence-corrected chi connectivity index (χ1v) is 7.96. The zero-order chi connectivity index (χ0) is 17.3. The first-order chi connectivity index (χ1) is 10.6. The van der Waals surface area contributed by atoms with E-state index >= 15 is 0 Å². The number of carbonyl (C=O) groups excluding carboxylic acids is 1. The van der Waals surface area contributed by atoms with Gasteiger partial charge in [0.05, 0.1) is 17.1 Å². The molecule has 0 aliphatic carbocycles. The Morgan fingerprint density at radius 1 is 1.43 bits per heavy atom. The van der Waals surface area contributed by atoms with E-state index in [0.717, 1.165) is 0 Å². The second-order valence-electron chi connectivity index (χ2n) is 6.37. The third-order valence-electron chi connectivity index (χ3n) is 3.18. The summed E-state index contributed by atoms with van der Waals surface area (Å²) >= 11 is 3.20. The number of alkyl carbamates (subject to hydrolysis) is 1. The van der Waals surface area contributed by atoms with Crippen LogP contribution in [0.2, 0.25) is 0 Å². The van der Waals surface area contributed by atoms with Crippen LogP contribution >= 0.6 is 15.9 Å². The highest BCUT2D eigenvalue weighted by Gasteiger charge is 2.46. The van der Waals surface area contributed by atoms with Crippen molar-refractivity contribution in [2.75, 3.05) is 18.0 Å². The number of anilines is 1. The van der Waals surface area contributed by atoms with Crippen LogP contribution in [0.3, 0.4) is 0 Å². The van der Waals surface area contributed by atoms with Gasteiger partial charge < -0.3 is 15.0 Å². The zero-order valence-electron chi connectivity index (χ0n) is 13.1. The van der Waals surface area contributed by atoms with E-state index in [4.69, 9.17) is 4.74 Å². The molecular weight excluding hydrogens is 374 g/mol. The summed E-state index contributed by atoms with van der Waals surface area (Å²) in [6.07, 6.45) is 2.25. The normalized spacial score (nSPS) is 21.0. The van der Waals surface area contributed by atoms with Crippen LogP contribution in [-0.4, -0.2) is 46.7 Å². The molecule has 1 N–H and O–H groups in total. The summed E-state index contributed by atoms with van der Waals surface area (Å²) in [6.45, 7) is 4.79. The van der Waals surface area contributed by atoms with Crippen molar-refractivity contribution in [3.8, 4) is 0 Å². The molecule has 1 amide bonds. The Morgan fingerprint density at radius 3 is 2.57 bits per heavy atom. The molecule has 1 saturated heterocycles. The van der Waals surface area contributed by atoms with Crippen LogP contribution in [0, 0.1) is 0 Å².